The standard InChI is InChI=1S/C28H29N3O7/c1-36-28(35)31-15-5-4-6-20(31)18-37-21-10-12-22(13-11-21)38-26-14-9-19(17-29-26)16-25(32)30-24-8-3-2-7-23(24)27(33)34/h2-3,7-14,17,20H,4-6,15-16,18H2,1H3,(H,30,32)(H,33,34). The number of likely N-dealkylation sites (tertiary alicyclic amines) is 1. The molecule has 0 saturated carbocycles. The van der Waals surface area contributed by atoms with Crippen LogP contribution >= 0.6 is 0 Å². The van der Waals surface area contributed by atoms with E-state index in [0.29, 0.717) is 36.1 Å². The molecule has 38 heavy (non-hydrogen) atoms. The molecule has 1 aliphatic rings. The zero-order chi connectivity index (χ0) is 26.9. The lowest BCUT2D eigenvalue weighted by molar-refractivity contribution is -0.115. The molecule has 2 N–H and O–H groups in total. The first-order chi connectivity index (χ1) is 18.4. The molecule has 0 aliphatic carbocycles. The van der Waals surface area contributed by atoms with Gasteiger partial charge in [-0.3, -0.25) is 4.79 Å². The number of aromatic carboxylic acids is 1. The fourth-order valence-corrected chi connectivity index (χ4v) is 4.18. The third-order valence-corrected chi connectivity index (χ3v) is 6.12. The van der Waals surface area contributed by atoms with Gasteiger partial charge in [0.05, 0.1) is 30.8 Å². The van der Waals surface area contributed by atoms with Gasteiger partial charge in [0.2, 0.25) is 11.8 Å². The number of piperidine rings is 1. The van der Waals surface area contributed by atoms with E-state index in [1.54, 1.807) is 59.5 Å². The number of aromatic nitrogens is 1. The highest BCUT2D eigenvalue weighted by atomic mass is 16.5. The van der Waals surface area contributed by atoms with Gasteiger partial charge in [-0.15, -0.1) is 0 Å². The monoisotopic (exact) mass is 519 g/mol. The van der Waals surface area contributed by atoms with E-state index >= 15 is 0 Å². The van der Waals surface area contributed by atoms with E-state index in [1.165, 1.54) is 19.4 Å². The van der Waals surface area contributed by atoms with E-state index in [1.807, 2.05) is 0 Å². The maximum absolute atomic E-state index is 12.4. The van der Waals surface area contributed by atoms with Gasteiger partial charge in [-0.05, 0) is 61.2 Å². The first kappa shape index (κ1) is 26.5. The van der Waals surface area contributed by atoms with Crippen molar-refractivity contribution in [2.75, 3.05) is 25.6 Å². The minimum Gasteiger partial charge on any atom is -0.491 e. The number of carboxylic acids is 1. The molecule has 1 aliphatic heterocycles. The predicted octanol–water partition coefficient (Wildman–Crippen LogP) is 4.75. The number of para-hydroxylation sites is 1. The van der Waals surface area contributed by atoms with Crippen LogP contribution in [-0.4, -0.2) is 59.3 Å². The topological polar surface area (TPSA) is 127 Å². The molecule has 0 radical (unpaired) electrons. The Morgan fingerprint density at radius 1 is 1.03 bits per heavy atom. The van der Waals surface area contributed by atoms with Crippen molar-refractivity contribution in [1.29, 1.82) is 0 Å². The maximum Gasteiger partial charge on any atom is 0.409 e. The lowest BCUT2D eigenvalue weighted by Gasteiger charge is -2.34. The molecule has 0 spiro atoms. The average Bonchev–Trinajstić information content (AvgIpc) is 2.93. The highest BCUT2D eigenvalue weighted by Gasteiger charge is 2.27. The Labute approximate surface area is 220 Å². The van der Waals surface area contributed by atoms with E-state index < -0.39 is 5.97 Å². The van der Waals surface area contributed by atoms with Crippen LogP contribution in [0.1, 0.15) is 35.2 Å². The van der Waals surface area contributed by atoms with Gasteiger partial charge in [0.15, 0.2) is 0 Å². The minimum absolute atomic E-state index is 0.0242. The summed E-state index contributed by atoms with van der Waals surface area (Å²) >= 11 is 0. The summed E-state index contributed by atoms with van der Waals surface area (Å²) in [6.07, 6.45) is 4.11. The summed E-state index contributed by atoms with van der Waals surface area (Å²) in [6.45, 7) is 1.05. The Balaban J connectivity index is 1.27. The molecule has 1 saturated heterocycles. The minimum atomic E-state index is -1.11. The molecule has 10 heteroatoms. The van der Waals surface area contributed by atoms with Gasteiger partial charge in [0, 0.05) is 18.8 Å². The van der Waals surface area contributed by atoms with Crippen LogP contribution in [0.5, 0.6) is 17.4 Å². The number of carbonyl (C=O) groups is 3. The van der Waals surface area contributed by atoms with Crippen molar-refractivity contribution >= 4 is 23.7 Å². The van der Waals surface area contributed by atoms with Gasteiger partial charge >= 0.3 is 12.1 Å². The summed E-state index contributed by atoms with van der Waals surface area (Å²) in [5, 5.41) is 11.9. The van der Waals surface area contributed by atoms with Crippen LogP contribution in [0.25, 0.3) is 0 Å². The Kier molecular flexibility index (Phi) is 8.76. The predicted molar refractivity (Wildman–Crippen MR) is 139 cm³/mol. The largest absolute Gasteiger partial charge is 0.491 e. The van der Waals surface area contributed by atoms with Crippen molar-refractivity contribution in [3.8, 4) is 17.4 Å². The number of ether oxygens (including phenoxy) is 3. The molecule has 1 atom stereocenters. The number of rotatable bonds is 9. The van der Waals surface area contributed by atoms with Gasteiger partial charge in [-0.25, -0.2) is 14.6 Å². The molecule has 1 unspecified atom stereocenters. The summed E-state index contributed by atoms with van der Waals surface area (Å²) in [6, 6.07) is 16.7. The van der Waals surface area contributed by atoms with E-state index in [9.17, 15) is 19.5 Å². The van der Waals surface area contributed by atoms with Crippen LogP contribution in [0, 0.1) is 0 Å². The second-order valence-electron chi connectivity index (χ2n) is 8.78. The van der Waals surface area contributed by atoms with Gasteiger partial charge < -0.3 is 29.5 Å². The van der Waals surface area contributed by atoms with Gasteiger partial charge in [0.1, 0.15) is 18.1 Å². The van der Waals surface area contributed by atoms with Crippen LogP contribution < -0.4 is 14.8 Å². The van der Waals surface area contributed by atoms with Crippen molar-refractivity contribution in [3.63, 3.8) is 0 Å². The summed E-state index contributed by atoms with van der Waals surface area (Å²) in [7, 11) is 1.39. The van der Waals surface area contributed by atoms with E-state index in [2.05, 4.69) is 10.3 Å². The van der Waals surface area contributed by atoms with Crippen molar-refractivity contribution in [1.82, 2.24) is 9.88 Å². The summed E-state index contributed by atoms with van der Waals surface area (Å²) < 4.78 is 16.6. The smallest absolute Gasteiger partial charge is 0.409 e. The normalized spacial score (nSPS) is 14.9. The van der Waals surface area contributed by atoms with Gasteiger partial charge in [-0.1, -0.05) is 18.2 Å². The number of methoxy groups -OCH3 is 1. The van der Waals surface area contributed by atoms with Crippen LogP contribution in [0.2, 0.25) is 0 Å². The molecule has 4 rings (SSSR count). The Morgan fingerprint density at radius 3 is 2.50 bits per heavy atom. The molecular formula is C28H29N3O7. The summed E-state index contributed by atoms with van der Waals surface area (Å²) in [4.78, 5) is 41.6. The molecule has 2 amide bonds. The summed E-state index contributed by atoms with van der Waals surface area (Å²) in [5.41, 5.74) is 0.913. The second kappa shape index (κ2) is 12.6. The second-order valence-corrected chi connectivity index (χ2v) is 8.78. The zero-order valence-corrected chi connectivity index (χ0v) is 21.0. The Bertz CT molecular complexity index is 1260. The van der Waals surface area contributed by atoms with Crippen molar-refractivity contribution < 1.29 is 33.7 Å². The number of carbonyl (C=O) groups excluding carboxylic acids is 2. The number of anilines is 1. The first-order valence-electron chi connectivity index (χ1n) is 12.3. The third kappa shape index (κ3) is 7.00. The average molecular weight is 520 g/mol. The number of hydrogen-bond donors (Lipinski definition) is 2. The van der Waals surface area contributed by atoms with Crippen LogP contribution in [0.15, 0.2) is 66.9 Å². The number of benzene rings is 2. The van der Waals surface area contributed by atoms with E-state index in [4.69, 9.17) is 14.2 Å². The number of pyridine rings is 1. The molecule has 0 bridgehead atoms. The number of nitrogens with one attached hydrogen (secondary N) is 1. The van der Waals surface area contributed by atoms with Crippen LogP contribution in [-0.2, 0) is 16.0 Å². The van der Waals surface area contributed by atoms with Crippen LogP contribution in [0.3, 0.4) is 0 Å². The fourth-order valence-electron chi connectivity index (χ4n) is 4.18. The fraction of sp³-hybridized carbons (Fsp3) is 0.286. The van der Waals surface area contributed by atoms with Crippen molar-refractivity contribution in [2.45, 2.75) is 31.7 Å². The quantitative estimate of drug-likeness (QED) is 0.415. The van der Waals surface area contributed by atoms with E-state index in [0.717, 1.165) is 19.3 Å². The summed E-state index contributed by atoms with van der Waals surface area (Å²) in [5.74, 6) is 0.113. The lowest BCUT2D eigenvalue weighted by Crippen LogP contribution is -2.46. The van der Waals surface area contributed by atoms with Gasteiger partial charge in [-0.2, -0.15) is 0 Å². The number of hydrogen-bond acceptors (Lipinski definition) is 7. The number of carboxylic acid groups (broad SMARTS) is 1. The van der Waals surface area contributed by atoms with Crippen molar-refractivity contribution in [2.24, 2.45) is 0 Å². The highest BCUT2D eigenvalue weighted by Crippen LogP contribution is 2.24. The van der Waals surface area contributed by atoms with Gasteiger partial charge in [0.25, 0.3) is 0 Å². The van der Waals surface area contributed by atoms with E-state index in [-0.39, 0.29) is 35.7 Å². The highest BCUT2D eigenvalue weighted by molar-refractivity contribution is 6.00. The molecule has 3 aromatic rings. The zero-order valence-electron chi connectivity index (χ0n) is 21.0. The van der Waals surface area contributed by atoms with Crippen molar-refractivity contribution in [3.05, 3.63) is 78.0 Å². The molecule has 10 nitrogen and oxygen atoms in total. The Hall–Kier alpha value is -4.60. The lowest BCUT2D eigenvalue weighted by atomic mass is 10.0. The van der Waals surface area contributed by atoms with Crippen LogP contribution in [0.4, 0.5) is 10.5 Å². The Morgan fingerprint density at radius 2 is 1.79 bits per heavy atom. The molecule has 1 fully saturated rings. The SMILES string of the molecule is COC(=O)N1CCCCC1COc1ccc(Oc2ccc(CC(=O)Nc3ccccc3C(=O)O)cn2)cc1. The molecule has 1 aromatic heterocycles. The number of amides is 2. The molecular weight excluding hydrogens is 490 g/mol. The molecule has 198 valence electrons. The number of nitrogens with zero attached hydrogens (tertiary/aromatic N) is 2. The molecule has 2 heterocycles. The molecule has 2 aromatic carbocycles. The third-order valence-electron chi connectivity index (χ3n) is 6.12. The maximum atomic E-state index is 12.4. The first-order valence-corrected chi connectivity index (χ1v) is 12.3.